The number of benzene rings is 1. The lowest BCUT2D eigenvalue weighted by atomic mass is 10.1. The van der Waals surface area contributed by atoms with E-state index in [1.807, 2.05) is 11.1 Å². The number of nitrogens with one attached hydrogen (secondary N) is 2. The monoisotopic (exact) mass is 352 g/mol. The summed E-state index contributed by atoms with van der Waals surface area (Å²) in [5.41, 5.74) is 5.61. The second-order valence-electron chi connectivity index (χ2n) is 6.25. The van der Waals surface area contributed by atoms with Crippen LogP contribution in [0, 0.1) is 0 Å². The lowest BCUT2D eigenvalue weighted by Gasteiger charge is -2.26. The predicted octanol–water partition coefficient (Wildman–Crippen LogP) is 2.16. The highest BCUT2D eigenvalue weighted by Gasteiger charge is 2.17. The number of piperidine rings is 1. The zero-order valence-corrected chi connectivity index (χ0v) is 14.5. The number of aromatic nitrogens is 4. The predicted molar refractivity (Wildman–Crippen MR) is 96.6 cm³/mol. The number of H-pyrrole nitrogens is 1. The van der Waals surface area contributed by atoms with Crippen molar-refractivity contribution in [1.82, 2.24) is 30.4 Å². The van der Waals surface area contributed by atoms with Gasteiger partial charge in [-0.1, -0.05) is 6.42 Å². The third-order valence-corrected chi connectivity index (χ3v) is 4.50. The van der Waals surface area contributed by atoms with Gasteiger partial charge in [0, 0.05) is 18.7 Å². The van der Waals surface area contributed by atoms with Crippen molar-refractivity contribution in [3.8, 4) is 17.1 Å². The van der Waals surface area contributed by atoms with Crippen molar-refractivity contribution >= 4 is 17.1 Å². The molecule has 1 aliphatic heterocycles. The Morgan fingerprint density at radius 2 is 2.12 bits per heavy atom. The van der Waals surface area contributed by atoms with Crippen LogP contribution in [0.1, 0.15) is 29.6 Å². The number of methoxy groups -OCH3 is 1. The van der Waals surface area contributed by atoms with Gasteiger partial charge in [0.1, 0.15) is 23.4 Å². The summed E-state index contributed by atoms with van der Waals surface area (Å²) in [6, 6.07) is 5.33. The van der Waals surface area contributed by atoms with Gasteiger partial charge >= 0.3 is 0 Å². The molecule has 8 heteroatoms. The van der Waals surface area contributed by atoms with E-state index in [-0.39, 0.29) is 5.91 Å². The quantitative estimate of drug-likeness (QED) is 0.747. The number of fused-ring (bicyclic) bond motifs is 1. The van der Waals surface area contributed by atoms with E-state index in [0.717, 1.165) is 37.0 Å². The Morgan fingerprint density at radius 1 is 1.27 bits per heavy atom. The summed E-state index contributed by atoms with van der Waals surface area (Å²) in [6.45, 7) is 1.78. The van der Waals surface area contributed by atoms with Gasteiger partial charge < -0.3 is 9.72 Å². The normalized spacial score (nSPS) is 15.1. The molecule has 0 aliphatic carbocycles. The summed E-state index contributed by atoms with van der Waals surface area (Å²) < 4.78 is 5.49. The van der Waals surface area contributed by atoms with Crippen molar-refractivity contribution in [3.05, 3.63) is 36.3 Å². The van der Waals surface area contributed by atoms with Gasteiger partial charge in [0.25, 0.3) is 5.91 Å². The fourth-order valence-corrected chi connectivity index (χ4v) is 3.13. The molecule has 26 heavy (non-hydrogen) atoms. The largest absolute Gasteiger partial charge is 0.496 e. The van der Waals surface area contributed by atoms with E-state index in [4.69, 9.17) is 4.74 Å². The number of carbonyl (C=O) groups is 1. The second-order valence-corrected chi connectivity index (χ2v) is 6.25. The number of amides is 1. The van der Waals surface area contributed by atoms with Crippen LogP contribution in [0.4, 0.5) is 0 Å². The second kappa shape index (κ2) is 7.09. The standard InChI is InChI=1S/C18H20N6O2/c1-26-15-9-12(18(25)23-24-7-3-2-4-8-24)5-6-13(15)16-21-14-10-19-11-20-17(14)22-16/h5-6,9-11H,2-4,7-8H2,1H3,(H,23,25)(H,19,20,21,22). The fourth-order valence-electron chi connectivity index (χ4n) is 3.13. The summed E-state index contributed by atoms with van der Waals surface area (Å²) in [5, 5.41) is 1.98. The summed E-state index contributed by atoms with van der Waals surface area (Å²) >= 11 is 0. The van der Waals surface area contributed by atoms with E-state index in [1.54, 1.807) is 25.4 Å². The number of aromatic amines is 1. The van der Waals surface area contributed by atoms with Gasteiger partial charge in [0.15, 0.2) is 5.65 Å². The SMILES string of the molecule is COc1cc(C(=O)NN2CCCCC2)ccc1-c1nc2ncncc2[nH]1. The number of hydrogen-bond donors (Lipinski definition) is 2. The van der Waals surface area contributed by atoms with Crippen LogP contribution in [0.2, 0.25) is 0 Å². The Balaban J connectivity index is 1.60. The molecule has 0 spiro atoms. The Bertz CT molecular complexity index is 899. The highest BCUT2D eigenvalue weighted by Crippen LogP contribution is 2.30. The number of rotatable bonds is 4. The first-order valence-corrected chi connectivity index (χ1v) is 8.64. The molecule has 0 saturated carbocycles. The molecule has 4 rings (SSSR count). The minimum Gasteiger partial charge on any atom is -0.496 e. The number of nitrogens with zero attached hydrogens (tertiary/aromatic N) is 4. The average molecular weight is 352 g/mol. The Hall–Kier alpha value is -3.00. The maximum atomic E-state index is 12.5. The molecular weight excluding hydrogens is 332 g/mol. The fraction of sp³-hybridized carbons (Fsp3) is 0.333. The van der Waals surface area contributed by atoms with Crippen molar-refractivity contribution < 1.29 is 9.53 Å². The number of hydrazine groups is 1. The van der Waals surface area contributed by atoms with E-state index in [0.29, 0.717) is 22.8 Å². The third-order valence-electron chi connectivity index (χ3n) is 4.50. The number of imidazole rings is 1. The van der Waals surface area contributed by atoms with Crippen molar-refractivity contribution in [2.45, 2.75) is 19.3 Å². The van der Waals surface area contributed by atoms with Crippen LogP contribution in [-0.2, 0) is 0 Å². The molecule has 3 heterocycles. The molecule has 0 atom stereocenters. The Labute approximate surface area is 150 Å². The van der Waals surface area contributed by atoms with E-state index < -0.39 is 0 Å². The van der Waals surface area contributed by atoms with Gasteiger partial charge in [0.05, 0.1) is 18.9 Å². The molecule has 0 bridgehead atoms. The molecule has 134 valence electrons. The van der Waals surface area contributed by atoms with E-state index in [2.05, 4.69) is 25.4 Å². The Kier molecular flexibility index (Phi) is 4.49. The van der Waals surface area contributed by atoms with Gasteiger partial charge in [-0.15, -0.1) is 0 Å². The highest BCUT2D eigenvalue weighted by molar-refractivity contribution is 5.95. The lowest BCUT2D eigenvalue weighted by Crippen LogP contribution is -2.45. The van der Waals surface area contributed by atoms with Gasteiger partial charge in [-0.05, 0) is 31.0 Å². The number of ether oxygens (including phenoxy) is 1. The van der Waals surface area contributed by atoms with Crippen molar-refractivity contribution in [3.63, 3.8) is 0 Å². The molecule has 8 nitrogen and oxygen atoms in total. The maximum absolute atomic E-state index is 12.5. The van der Waals surface area contributed by atoms with Gasteiger partial charge in [-0.3, -0.25) is 10.2 Å². The van der Waals surface area contributed by atoms with Crippen LogP contribution in [0.15, 0.2) is 30.7 Å². The molecule has 2 aromatic heterocycles. The summed E-state index contributed by atoms with van der Waals surface area (Å²) in [4.78, 5) is 28.3. The zero-order valence-electron chi connectivity index (χ0n) is 14.5. The summed E-state index contributed by atoms with van der Waals surface area (Å²) in [6.07, 6.45) is 6.57. The van der Waals surface area contributed by atoms with Gasteiger partial charge in [-0.25, -0.2) is 20.0 Å². The van der Waals surface area contributed by atoms with Crippen LogP contribution in [0.3, 0.4) is 0 Å². The smallest absolute Gasteiger partial charge is 0.265 e. The van der Waals surface area contributed by atoms with E-state index in [9.17, 15) is 4.79 Å². The first kappa shape index (κ1) is 16.5. The van der Waals surface area contributed by atoms with E-state index in [1.165, 1.54) is 12.7 Å². The lowest BCUT2D eigenvalue weighted by molar-refractivity contribution is 0.0750. The molecule has 1 aliphatic rings. The Morgan fingerprint density at radius 3 is 2.88 bits per heavy atom. The van der Waals surface area contributed by atoms with Crippen LogP contribution >= 0.6 is 0 Å². The topological polar surface area (TPSA) is 96.0 Å². The molecule has 1 fully saturated rings. The van der Waals surface area contributed by atoms with Crippen molar-refractivity contribution in [1.29, 1.82) is 0 Å². The summed E-state index contributed by atoms with van der Waals surface area (Å²) in [7, 11) is 1.58. The van der Waals surface area contributed by atoms with E-state index >= 15 is 0 Å². The van der Waals surface area contributed by atoms with Crippen molar-refractivity contribution in [2.75, 3.05) is 20.2 Å². The minimum atomic E-state index is -0.132. The summed E-state index contributed by atoms with van der Waals surface area (Å²) in [5.74, 6) is 1.07. The molecule has 1 saturated heterocycles. The molecule has 1 aromatic carbocycles. The molecule has 3 aromatic rings. The van der Waals surface area contributed by atoms with Crippen LogP contribution in [-0.4, -0.2) is 51.1 Å². The van der Waals surface area contributed by atoms with Crippen LogP contribution in [0.5, 0.6) is 5.75 Å². The molecule has 0 radical (unpaired) electrons. The third kappa shape index (κ3) is 3.23. The molecule has 2 N–H and O–H groups in total. The zero-order chi connectivity index (χ0) is 17.9. The number of hydrogen-bond acceptors (Lipinski definition) is 6. The van der Waals surface area contributed by atoms with Gasteiger partial charge in [0.2, 0.25) is 0 Å². The first-order chi connectivity index (χ1) is 12.7. The highest BCUT2D eigenvalue weighted by atomic mass is 16.5. The molecule has 1 amide bonds. The maximum Gasteiger partial charge on any atom is 0.265 e. The average Bonchev–Trinajstić information content (AvgIpc) is 3.12. The molecule has 0 unspecified atom stereocenters. The van der Waals surface area contributed by atoms with Crippen LogP contribution in [0.25, 0.3) is 22.6 Å². The van der Waals surface area contributed by atoms with Crippen molar-refractivity contribution in [2.24, 2.45) is 0 Å². The number of carbonyl (C=O) groups excluding carboxylic acids is 1. The van der Waals surface area contributed by atoms with Crippen LogP contribution < -0.4 is 10.2 Å². The molecular formula is C18H20N6O2. The first-order valence-electron chi connectivity index (χ1n) is 8.64. The minimum absolute atomic E-state index is 0.132. The van der Waals surface area contributed by atoms with Gasteiger partial charge in [-0.2, -0.15) is 0 Å².